The lowest BCUT2D eigenvalue weighted by Crippen LogP contribution is -2.35. The van der Waals surface area contributed by atoms with Crippen molar-refractivity contribution < 1.29 is 14.3 Å². The number of H-pyrrole nitrogens is 1. The summed E-state index contributed by atoms with van der Waals surface area (Å²) in [4.78, 5) is 52.3. The highest BCUT2D eigenvalue weighted by Gasteiger charge is 2.20. The number of aromatic nitrogens is 2. The highest BCUT2D eigenvalue weighted by Crippen LogP contribution is 2.27. The number of benzene rings is 1. The quantitative estimate of drug-likeness (QED) is 0.616. The number of hydrogen-bond acceptors (Lipinski definition) is 6. The van der Waals surface area contributed by atoms with Crippen LogP contribution in [-0.2, 0) is 16.1 Å². The van der Waals surface area contributed by atoms with Gasteiger partial charge in [0.2, 0.25) is 0 Å². The van der Waals surface area contributed by atoms with Gasteiger partial charge in [-0.3, -0.25) is 23.9 Å². The van der Waals surface area contributed by atoms with Gasteiger partial charge in [0.1, 0.15) is 4.83 Å². The maximum Gasteiger partial charge on any atom is 0.329 e. The molecule has 2 aromatic heterocycles. The first-order chi connectivity index (χ1) is 13.4. The summed E-state index contributed by atoms with van der Waals surface area (Å²) in [5.41, 5.74) is 0.101. The molecule has 146 valence electrons. The lowest BCUT2D eigenvalue weighted by Gasteiger charge is -2.05. The molecule has 3 aromatic rings. The van der Waals surface area contributed by atoms with Crippen molar-refractivity contribution in [2.45, 2.75) is 26.3 Å². The number of amides is 1. The summed E-state index contributed by atoms with van der Waals surface area (Å²) in [6.45, 7) is 1.76. The summed E-state index contributed by atoms with van der Waals surface area (Å²) in [5, 5.41) is 3.09. The van der Waals surface area contributed by atoms with Gasteiger partial charge in [0, 0.05) is 18.7 Å². The molecule has 8 nitrogen and oxygen atoms in total. The minimum absolute atomic E-state index is 0.0834. The fraction of sp³-hybridized carbons (Fsp3) is 0.263. The third kappa shape index (κ3) is 3.89. The Kier molecular flexibility index (Phi) is 5.74. The van der Waals surface area contributed by atoms with Crippen molar-refractivity contribution in [1.29, 1.82) is 0 Å². The van der Waals surface area contributed by atoms with Crippen molar-refractivity contribution in [3.63, 3.8) is 0 Å². The maximum atomic E-state index is 12.8. The van der Waals surface area contributed by atoms with Crippen LogP contribution in [0.4, 0.5) is 5.69 Å². The van der Waals surface area contributed by atoms with Gasteiger partial charge in [-0.1, -0.05) is 18.2 Å². The molecule has 0 atom stereocenters. The topological polar surface area (TPSA) is 110 Å². The molecule has 0 saturated carbocycles. The standard InChI is InChI=1S/C19H19N3O5S/c1-11-14-17(28-15(11)16(24)20-12-7-4-3-5-8-12)21-19(26)22(18(14)25)10-6-9-13(23)27-2/h3-5,7-8H,6,9-10H2,1-2H3,(H,20,24)(H,21,26). The number of aromatic amines is 1. The summed E-state index contributed by atoms with van der Waals surface area (Å²) in [6, 6.07) is 8.97. The van der Waals surface area contributed by atoms with Gasteiger partial charge in [-0.25, -0.2) is 4.79 Å². The minimum Gasteiger partial charge on any atom is -0.469 e. The molecule has 0 radical (unpaired) electrons. The number of rotatable bonds is 6. The molecule has 1 amide bonds. The molecule has 0 aliphatic carbocycles. The van der Waals surface area contributed by atoms with Crippen molar-refractivity contribution in [3.8, 4) is 0 Å². The molecule has 0 unspecified atom stereocenters. The normalized spacial score (nSPS) is 10.8. The predicted molar refractivity (Wildman–Crippen MR) is 107 cm³/mol. The van der Waals surface area contributed by atoms with E-state index in [0.717, 1.165) is 15.9 Å². The molecular formula is C19H19N3O5S. The molecular weight excluding hydrogens is 382 g/mol. The van der Waals surface area contributed by atoms with E-state index in [-0.39, 0.29) is 18.9 Å². The third-order valence-corrected chi connectivity index (χ3v) is 5.51. The lowest BCUT2D eigenvalue weighted by molar-refractivity contribution is -0.140. The van der Waals surface area contributed by atoms with Crippen molar-refractivity contribution in [2.75, 3.05) is 12.4 Å². The fourth-order valence-electron chi connectivity index (χ4n) is 2.86. The molecule has 0 saturated heterocycles. The van der Waals surface area contributed by atoms with Crippen LogP contribution in [0.3, 0.4) is 0 Å². The Morgan fingerprint density at radius 1 is 1.21 bits per heavy atom. The van der Waals surface area contributed by atoms with Crippen LogP contribution in [0.5, 0.6) is 0 Å². The zero-order valence-electron chi connectivity index (χ0n) is 15.4. The van der Waals surface area contributed by atoms with Gasteiger partial charge in [0.15, 0.2) is 0 Å². The first-order valence-corrected chi connectivity index (χ1v) is 9.43. The Balaban J connectivity index is 1.93. The van der Waals surface area contributed by atoms with E-state index >= 15 is 0 Å². The monoisotopic (exact) mass is 401 g/mol. The van der Waals surface area contributed by atoms with Gasteiger partial charge in [-0.05, 0) is 31.0 Å². The van der Waals surface area contributed by atoms with Crippen LogP contribution in [0.1, 0.15) is 28.1 Å². The number of carbonyl (C=O) groups excluding carboxylic acids is 2. The van der Waals surface area contributed by atoms with Crippen molar-refractivity contribution in [2.24, 2.45) is 0 Å². The molecule has 0 fully saturated rings. The van der Waals surface area contributed by atoms with Gasteiger partial charge in [-0.15, -0.1) is 11.3 Å². The molecule has 0 aliphatic heterocycles. The second kappa shape index (κ2) is 8.22. The van der Waals surface area contributed by atoms with E-state index < -0.39 is 17.2 Å². The highest BCUT2D eigenvalue weighted by atomic mass is 32.1. The molecule has 0 bridgehead atoms. The van der Waals surface area contributed by atoms with Crippen molar-refractivity contribution in [3.05, 3.63) is 61.6 Å². The summed E-state index contributed by atoms with van der Waals surface area (Å²) >= 11 is 1.07. The smallest absolute Gasteiger partial charge is 0.329 e. The molecule has 2 heterocycles. The average molecular weight is 401 g/mol. The number of anilines is 1. The number of nitrogens with zero attached hydrogens (tertiary/aromatic N) is 1. The Morgan fingerprint density at radius 3 is 2.61 bits per heavy atom. The minimum atomic E-state index is -0.571. The molecule has 28 heavy (non-hydrogen) atoms. The molecule has 2 N–H and O–H groups in total. The van der Waals surface area contributed by atoms with Crippen LogP contribution in [0.2, 0.25) is 0 Å². The predicted octanol–water partition coefficient (Wildman–Crippen LogP) is 2.27. The van der Waals surface area contributed by atoms with E-state index in [4.69, 9.17) is 0 Å². The number of thiophene rings is 1. The third-order valence-electron chi connectivity index (χ3n) is 4.30. The SMILES string of the molecule is COC(=O)CCCn1c(=O)[nH]c2sc(C(=O)Nc3ccccc3)c(C)c2c1=O. The number of ether oxygens (including phenoxy) is 1. The van der Waals surface area contributed by atoms with E-state index in [0.29, 0.717) is 32.8 Å². The molecule has 0 aliphatic rings. The van der Waals surface area contributed by atoms with Crippen molar-refractivity contribution >= 4 is 39.1 Å². The van der Waals surface area contributed by atoms with E-state index in [2.05, 4.69) is 15.0 Å². The van der Waals surface area contributed by atoms with E-state index in [9.17, 15) is 19.2 Å². The number of carbonyl (C=O) groups is 2. The van der Waals surface area contributed by atoms with E-state index in [1.165, 1.54) is 7.11 Å². The average Bonchev–Trinajstić information content (AvgIpc) is 3.01. The molecule has 3 rings (SSSR count). The summed E-state index contributed by atoms with van der Waals surface area (Å²) in [6.07, 6.45) is 0.402. The maximum absolute atomic E-state index is 12.8. The lowest BCUT2D eigenvalue weighted by atomic mass is 10.2. The largest absolute Gasteiger partial charge is 0.469 e. The van der Waals surface area contributed by atoms with Gasteiger partial charge >= 0.3 is 11.7 Å². The fourth-order valence-corrected chi connectivity index (χ4v) is 3.95. The Labute approximate surface area is 163 Å². The van der Waals surface area contributed by atoms with Crippen LogP contribution >= 0.6 is 11.3 Å². The zero-order chi connectivity index (χ0) is 20.3. The van der Waals surface area contributed by atoms with Gasteiger partial charge in [0.05, 0.1) is 17.4 Å². The van der Waals surface area contributed by atoms with E-state index in [1.54, 1.807) is 31.2 Å². The Morgan fingerprint density at radius 2 is 1.93 bits per heavy atom. The number of hydrogen-bond donors (Lipinski definition) is 2. The van der Waals surface area contributed by atoms with Crippen molar-refractivity contribution in [1.82, 2.24) is 9.55 Å². The summed E-state index contributed by atoms with van der Waals surface area (Å²) in [5.74, 6) is -0.750. The zero-order valence-corrected chi connectivity index (χ0v) is 16.2. The molecule has 1 aromatic carbocycles. The van der Waals surface area contributed by atoms with Gasteiger partial charge in [0.25, 0.3) is 11.5 Å². The summed E-state index contributed by atoms with van der Waals surface area (Å²) in [7, 11) is 1.28. The molecule has 9 heteroatoms. The number of esters is 1. The van der Waals surface area contributed by atoms with Gasteiger partial charge in [-0.2, -0.15) is 0 Å². The molecule has 0 spiro atoms. The number of fused-ring (bicyclic) bond motifs is 1. The second-order valence-electron chi connectivity index (χ2n) is 6.15. The van der Waals surface area contributed by atoms with Crippen LogP contribution < -0.4 is 16.6 Å². The number of nitrogens with one attached hydrogen (secondary N) is 2. The first-order valence-electron chi connectivity index (χ1n) is 8.61. The first kappa shape index (κ1) is 19.6. The summed E-state index contributed by atoms with van der Waals surface area (Å²) < 4.78 is 5.61. The van der Waals surface area contributed by atoms with Crippen LogP contribution in [0.25, 0.3) is 10.2 Å². The highest BCUT2D eigenvalue weighted by molar-refractivity contribution is 7.20. The number of methoxy groups -OCH3 is 1. The van der Waals surface area contributed by atoms with Gasteiger partial charge < -0.3 is 10.1 Å². The second-order valence-corrected chi connectivity index (χ2v) is 7.17. The van der Waals surface area contributed by atoms with Crippen LogP contribution in [0.15, 0.2) is 39.9 Å². The number of aryl methyl sites for hydroxylation is 1. The van der Waals surface area contributed by atoms with E-state index in [1.807, 2.05) is 6.07 Å². The van der Waals surface area contributed by atoms with Crippen LogP contribution in [0, 0.1) is 6.92 Å². The van der Waals surface area contributed by atoms with Crippen LogP contribution in [-0.4, -0.2) is 28.5 Å². The Hall–Kier alpha value is -3.20. The number of para-hydroxylation sites is 1. The Bertz CT molecular complexity index is 1140.